The number of nitrogens with one attached hydrogen (secondary N) is 2. The van der Waals surface area contributed by atoms with Crippen molar-refractivity contribution in [3.63, 3.8) is 0 Å². The minimum atomic E-state index is -0.645. The molecule has 0 aliphatic carbocycles. The standard InChI is InChI=1S/C28H31ClN4O5/c1-32-9-8-18(14-32)16-38-22-12-20(29)11-21(13-22)30-25(34)6-3-17-2-4-19-15-33(28(37)23(19)10-17)24-5-7-26(35)31-27(24)36/h2,4,10-13,18,24H,3,5-9,14-16H2,1H3,(H,30,34)(H,31,35,36). The highest BCUT2D eigenvalue weighted by Gasteiger charge is 2.39. The van der Waals surface area contributed by atoms with Gasteiger partial charge in [-0.05, 0) is 62.2 Å². The summed E-state index contributed by atoms with van der Waals surface area (Å²) in [4.78, 5) is 53.2. The summed E-state index contributed by atoms with van der Waals surface area (Å²) in [6.45, 7) is 3.02. The molecule has 3 aliphatic heterocycles. The third-order valence-electron chi connectivity index (χ3n) is 7.36. The summed E-state index contributed by atoms with van der Waals surface area (Å²) in [5, 5.41) is 5.69. The first-order valence-corrected chi connectivity index (χ1v) is 13.3. The molecule has 0 saturated carbocycles. The van der Waals surface area contributed by atoms with Crippen LogP contribution >= 0.6 is 11.6 Å². The summed E-state index contributed by atoms with van der Waals surface area (Å²) in [7, 11) is 2.10. The van der Waals surface area contributed by atoms with Gasteiger partial charge in [-0.3, -0.25) is 24.5 Å². The van der Waals surface area contributed by atoms with Gasteiger partial charge in [0, 0.05) is 54.2 Å². The van der Waals surface area contributed by atoms with Crippen molar-refractivity contribution in [3.8, 4) is 5.75 Å². The first-order chi connectivity index (χ1) is 18.2. The Bertz CT molecular complexity index is 1280. The van der Waals surface area contributed by atoms with Crippen molar-refractivity contribution in [1.82, 2.24) is 15.1 Å². The van der Waals surface area contributed by atoms with Gasteiger partial charge in [-0.2, -0.15) is 0 Å². The van der Waals surface area contributed by atoms with Gasteiger partial charge in [0.2, 0.25) is 17.7 Å². The van der Waals surface area contributed by atoms with Crippen molar-refractivity contribution in [1.29, 1.82) is 0 Å². The summed E-state index contributed by atoms with van der Waals surface area (Å²) in [5.41, 5.74) is 2.81. The van der Waals surface area contributed by atoms with E-state index in [4.69, 9.17) is 16.3 Å². The summed E-state index contributed by atoms with van der Waals surface area (Å²) in [6.07, 6.45) is 2.32. The van der Waals surface area contributed by atoms with E-state index in [0.717, 1.165) is 30.6 Å². The molecule has 38 heavy (non-hydrogen) atoms. The highest BCUT2D eigenvalue weighted by atomic mass is 35.5. The number of ether oxygens (including phenoxy) is 1. The zero-order valence-corrected chi connectivity index (χ0v) is 22.1. The molecule has 10 heteroatoms. The third-order valence-corrected chi connectivity index (χ3v) is 7.58. The molecule has 0 bridgehead atoms. The zero-order chi connectivity index (χ0) is 26.8. The van der Waals surface area contributed by atoms with Gasteiger partial charge < -0.3 is 19.9 Å². The number of carbonyl (C=O) groups is 4. The number of fused-ring (bicyclic) bond motifs is 1. The molecular weight excluding hydrogens is 508 g/mol. The summed E-state index contributed by atoms with van der Waals surface area (Å²) >= 11 is 6.26. The normalized spacial score (nSPS) is 21.4. The van der Waals surface area contributed by atoms with Crippen LogP contribution in [0.5, 0.6) is 5.75 Å². The van der Waals surface area contributed by atoms with Crippen LogP contribution in [0, 0.1) is 5.92 Å². The van der Waals surface area contributed by atoms with E-state index in [-0.39, 0.29) is 30.6 Å². The Morgan fingerprint density at radius 2 is 2.00 bits per heavy atom. The molecule has 3 heterocycles. The summed E-state index contributed by atoms with van der Waals surface area (Å²) in [5.74, 6) is -0.0360. The molecule has 2 aromatic carbocycles. The number of hydrogen-bond donors (Lipinski definition) is 2. The van der Waals surface area contributed by atoms with E-state index >= 15 is 0 Å². The molecule has 2 saturated heterocycles. The van der Waals surface area contributed by atoms with Gasteiger partial charge in [-0.15, -0.1) is 0 Å². The van der Waals surface area contributed by atoms with Gasteiger partial charge in [0.25, 0.3) is 5.91 Å². The van der Waals surface area contributed by atoms with Crippen molar-refractivity contribution in [2.75, 3.05) is 32.1 Å². The zero-order valence-electron chi connectivity index (χ0n) is 21.3. The van der Waals surface area contributed by atoms with E-state index < -0.39 is 11.9 Å². The van der Waals surface area contributed by atoms with Crippen LogP contribution in [-0.4, -0.2) is 66.2 Å². The second-order valence-corrected chi connectivity index (χ2v) is 10.8. The maximum Gasteiger partial charge on any atom is 0.255 e. The number of rotatable bonds is 8. The van der Waals surface area contributed by atoms with E-state index in [9.17, 15) is 19.2 Å². The molecule has 2 atom stereocenters. The Kier molecular flexibility index (Phi) is 7.67. The number of hydrogen-bond acceptors (Lipinski definition) is 6. The van der Waals surface area contributed by atoms with E-state index in [2.05, 4.69) is 22.6 Å². The highest BCUT2D eigenvalue weighted by molar-refractivity contribution is 6.31. The van der Waals surface area contributed by atoms with E-state index in [1.807, 2.05) is 12.1 Å². The Balaban J connectivity index is 1.15. The van der Waals surface area contributed by atoms with Crippen molar-refractivity contribution < 1.29 is 23.9 Å². The van der Waals surface area contributed by atoms with Gasteiger partial charge >= 0.3 is 0 Å². The first kappa shape index (κ1) is 26.2. The van der Waals surface area contributed by atoms with Gasteiger partial charge in [-0.25, -0.2) is 0 Å². The van der Waals surface area contributed by atoms with Crippen LogP contribution in [0.15, 0.2) is 36.4 Å². The van der Waals surface area contributed by atoms with E-state index in [1.54, 1.807) is 24.3 Å². The lowest BCUT2D eigenvalue weighted by Gasteiger charge is -2.29. The molecule has 0 spiro atoms. The number of imide groups is 1. The SMILES string of the molecule is CN1CCC(COc2cc(Cl)cc(NC(=O)CCc3ccc4c(c3)C(=O)N(C3CCC(=O)NC3=O)C4)c2)C1. The van der Waals surface area contributed by atoms with Crippen molar-refractivity contribution in [3.05, 3.63) is 58.1 Å². The van der Waals surface area contributed by atoms with Gasteiger partial charge in [0.1, 0.15) is 11.8 Å². The lowest BCUT2D eigenvalue weighted by Crippen LogP contribution is -2.52. The summed E-state index contributed by atoms with van der Waals surface area (Å²) in [6, 6.07) is 10.1. The largest absolute Gasteiger partial charge is 0.493 e. The number of anilines is 1. The van der Waals surface area contributed by atoms with Crippen molar-refractivity contribution >= 4 is 40.9 Å². The van der Waals surface area contributed by atoms with Crippen LogP contribution < -0.4 is 15.4 Å². The molecule has 5 rings (SSSR count). The smallest absolute Gasteiger partial charge is 0.255 e. The molecule has 9 nitrogen and oxygen atoms in total. The van der Waals surface area contributed by atoms with Gasteiger partial charge in [0.05, 0.1) is 6.61 Å². The van der Waals surface area contributed by atoms with E-state index in [1.165, 1.54) is 4.90 Å². The quantitative estimate of drug-likeness (QED) is 0.500. The fraction of sp³-hybridized carbons (Fsp3) is 0.429. The lowest BCUT2D eigenvalue weighted by atomic mass is 10.0. The predicted octanol–water partition coefficient (Wildman–Crippen LogP) is 3.00. The number of likely N-dealkylation sites (tertiary alicyclic amines) is 1. The number of benzene rings is 2. The second kappa shape index (κ2) is 11.1. The average molecular weight is 539 g/mol. The molecule has 2 aromatic rings. The number of nitrogens with zero attached hydrogens (tertiary/aromatic N) is 2. The summed E-state index contributed by atoms with van der Waals surface area (Å²) < 4.78 is 5.95. The van der Waals surface area contributed by atoms with Crippen LogP contribution in [0.2, 0.25) is 5.02 Å². The molecule has 4 amide bonds. The molecule has 2 N–H and O–H groups in total. The minimum Gasteiger partial charge on any atom is -0.493 e. The van der Waals surface area contributed by atoms with Crippen LogP contribution in [0.3, 0.4) is 0 Å². The van der Waals surface area contributed by atoms with Crippen LogP contribution in [0.4, 0.5) is 5.69 Å². The van der Waals surface area contributed by atoms with Crippen molar-refractivity contribution in [2.45, 2.75) is 44.7 Å². The maximum absolute atomic E-state index is 13.0. The predicted molar refractivity (Wildman–Crippen MR) is 142 cm³/mol. The van der Waals surface area contributed by atoms with Gasteiger partial charge in [0.15, 0.2) is 0 Å². The minimum absolute atomic E-state index is 0.173. The van der Waals surface area contributed by atoms with E-state index in [0.29, 0.717) is 53.9 Å². The first-order valence-electron chi connectivity index (χ1n) is 12.9. The molecular formula is C28H31ClN4O5. The Morgan fingerprint density at radius 1 is 1.16 bits per heavy atom. The molecule has 200 valence electrons. The van der Waals surface area contributed by atoms with Crippen LogP contribution in [0.25, 0.3) is 0 Å². The number of carbonyl (C=O) groups excluding carboxylic acids is 4. The molecule has 2 fully saturated rings. The van der Waals surface area contributed by atoms with Crippen LogP contribution in [0.1, 0.15) is 47.2 Å². The topological polar surface area (TPSA) is 108 Å². The lowest BCUT2D eigenvalue weighted by molar-refractivity contribution is -0.137. The average Bonchev–Trinajstić information content (AvgIpc) is 3.43. The Hall–Kier alpha value is -3.43. The van der Waals surface area contributed by atoms with Gasteiger partial charge in [-0.1, -0.05) is 23.7 Å². The number of halogens is 1. The Morgan fingerprint density at radius 3 is 2.76 bits per heavy atom. The number of piperidine rings is 1. The molecule has 0 radical (unpaired) electrons. The maximum atomic E-state index is 13.0. The van der Waals surface area contributed by atoms with Crippen LogP contribution in [-0.2, 0) is 27.3 Å². The second-order valence-electron chi connectivity index (χ2n) is 10.3. The molecule has 0 aromatic heterocycles. The molecule has 3 aliphatic rings. The monoisotopic (exact) mass is 538 g/mol. The number of aryl methyl sites for hydroxylation is 1. The van der Waals surface area contributed by atoms with Crippen molar-refractivity contribution in [2.24, 2.45) is 5.92 Å². The number of amides is 4. The fourth-order valence-corrected chi connectivity index (χ4v) is 5.56. The fourth-order valence-electron chi connectivity index (χ4n) is 5.33. The Labute approximate surface area is 226 Å². The highest BCUT2D eigenvalue weighted by Crippen LogP contribution is 2.29. The third kappa shape index (κ3) is 6.00. The molecule has 2 unspecified atom stereocenters.